The van der Waals surface area contributed by atoms with Crippen molar-refractivity contribution in [2.24, 2.45) is 5.92 Å². The number of imidazole rings is 1. The van der Waals surface area contributed by atoms with E-state index in [0.717, 1.165) is 5.56 Å². The van der Waals surface area contributed by atoms with E-state index >= 15 is 0 Å². The van der Waals surface area contributed by atoms with Crippen molar-refractivity contribution in [3.8, 4) is 11.6 Å². The van der Waals surface area contributed by atoms with E-state index in [0.29, 0.717) is 29.2 Å². The van der Waals surface area contributed by atoms with Crippen molar-refractivity contribution >= 4 is 30.8 Å². The van der Waals surface area contributed by atoms with Crippen LogP contribution in [0.15, 0.2) is 42.7 Å². The maximum atomic E-state index is 13.8. The number of nitrogens with zero attached hydrogens (tertiary/aromatic N) is 4. The number of hydrogen-bond acceptors (Lipinski definition) is 10. The second-order valence-electron chi connectivity index (χ2n) is 9.40. The third-order valence-electron chi connectivity index (χ3n) is 5.87. The number of nitrogens with one attached hydrogen (secondary N) is 1. The molecular weight excluding hydrogens is 511 g/mol. The first-order chi connectivity index (χ1) is 18.1. The summed E-state index contributed by atoms with van der Waals surface area (Å²) in [6.07, 6.45) is 5.96. The Morgan fingerprint density at radius 3 is 2.63 bits per heavy atom. The van der Waals surface area contributed by atoms with Crippen LogP contribution in [0.3, 0.4) is 0 Å². The number of aryl methyl sites for hydroxylation is 1. The maximum absolute atomic E-state index is 13.8. The number of esters is 1. The van der Waals surface area contributed by atoms with Gasteiger partial charge in [0.05, 0.1) is 32.2 Å². The van der Waals surface area contributed by atoms with E-state index in [1.54, 1.807) is 39.2 Å². The van der Waals surface area contributed by atoms with E-state index in [2.05, 4.69) is 20.0 Å². The van der Waals surface area contributed by atoms with E-state index < -0.39 is 19.8 Å². The predicted molar refractivity (Wildman–Crippen MR) is 142 cm³/mol. The lowest BCUT2D eigenvalue weighted by molar-refractivity contribution is -0.149. The van der Waals surface area contributed by atoms with Gasteiger partial charge in [-0.1, -0.05) is 29.8 Å². The number of fused-ring (bicyclic) bond motifs is 1. The molecule has 2 aromatic heterocycles. The number of allylic oxidation sites excluding steroid dienone is 1. The fourth-order valence-corrected chi connectivity index (χ4v) is 5.57. The topological polar surface area (TPSA) is 153 Å². The number of aromatic nitrogens is 4. The highest BCUT2D eigenvalue weighted by molar-refractivity contribution is 7.52. The average molecular weight is 545 g/mol. The highest BCUT2D eigenvalue weighted by Crippen LogP contribution is 2.46. The Hall–Kier alpha value is -3.47. The van der Waals surface area contributed by atoms with E-state index in [1.807, 2.05) is 35.8 Å². The lowest BCUT2D eigenvalue weighted by Crippen LogP contribution is -2.36. The van der Waals surface area contributed by atoms with Crippen LogP contribution in [0, 0.1) is 12.8 Å². The predicted octanol–water partition coefficient (Wildman–Crippen LogP) is 3.98. The summed E-state index contributed by atoms with van der Waals surface area (Å²) in [5.74, 6) is 0.0997. The van der Waals surface area contributed by atoms with Crippen LogP contribution in [0.4, 0.5) is 5.95 Å². The number of anilines is 1. The molecule has 3 N–H and O–H groups in total. The minimum absolute atomic E-state index is 0.0853. The first kappa shape index (κ1) is 27.6. The molecule has 1 aromatic carbocycles. The molecule has 0 aliphatic heterocycles. The smallest absolute Gasteiger partial charge is 0.459 e. The number of nitrogens with two attached hydrogens (primary N) is 1. The molecule has 4 atom stereocenters. The highest BCUT2D eigenvalue weighted by atomic mass is 31.2. The van der Waals surface area contributed by atoms with E-state index in [-0.39, 0.29) is 30.6 Å². The molecule has 1 unspecified atom stereocenters. The van der Waals surface area contributed by atoms with E-state index in [9.17, 15) is 9.36 Å². The van der Waals surface area contributed by atoms with Gasteiger partial charge >= 0.3 is 13.7 Å². The first-order valence-corrected chi connectivity index (χ1v) is 13.8. The second-order valence-corrected chi connectivity index (χ2v) is 11.1. The fraction of sp³-hybridized carbons (Fsp3) is 0.440. The van der Waals surface area contributed by atoms with Crippen LogP contribution in [0.1, 0.15) is 38.8 Å². The maximum Gasteiger partial charge on any atom is 0.459 e. The van der Waals surface area contributed by atoms with E-state index in [1.165, 1.54) is 7.11 Å². The molecule has 0 saturated carbocycles. The minimum Gasteiger partial charge on any atom is -0.479 e. The summed E-state index contributed by atoms with van der Waals surface area (Å²) in [5.41, 5.74) is 7.93. The molecule has 4 rings (SSSR count). The lowest BCUT2D eigenvalue weighted by Gasteiger charge is -2.24. The van der Waals surface area contributed by atoms with Crippen LogP contribution >= 0.6 is 7.75 Å². The summed E-state index contributed by atoms with van der Waals surface area (Å²) in [6, 6.07) is 6.06. The molecule has 0 fully saturated rings. The number of hydrogen-bond donors (Lipinski definition) is 2. The molecule has 1 aliphatic carbocycles. The van der Waals surface area contributed by atoms with Crippen molar-refractivity contribution in [2.45, 2.75) is 52.3 Å². The Kier molecular flexibility index (Phi) is 8.35. The van der Waals surface area contributed by atoms with Crippen LogP contribution in [-0.2, 0) is 18.6 Å². The molecule has 0 saturated heterocycles. The number of methoxy groups -OCH3 is 1. The Labute approximate surface area is 221 Å². The van der Waals surface area contributed by atoms with Gasteiger partial charge in [0, 0.05) is 5.92 Å². The number of ether oxygens (including phenoxy) is 2. The van der Waals surface area contributed by atoms with Gasteiger partial charge in [0.1, 0.15) is 11.8 Å². The van der Waals surface area contributed by atoms with Gasteiger partial charge in [-0.25, -0.2) is 9.55 Å². The fourth-order valence-electron chi connectivity index (χ4n) is 4.02. The third-order valence-corrected chi connectivity index (χ3v) is 7.51. The molecule has 2 heterocycles. The molecule has 38 heavy (non-hydrogen) atoms. The third kappa shape index (κ3) is 6.50. The number of rotatable bonds is 11. The molecule has 3 aromatic rings. The quantitative estimate of drug-likeness (QED) is 0.205. The van der Waals surface area contributed by atoms with Crippen LogP contribution in [0.25, 0.3) is 11.2 Å². The van der Waals surface area contributed by atoms with Crippen molar-refractivity contribution < 1.29 is 27.9 Å². The van der Waals surface area contributed by atoms with Crippen molar-refractivity contribution in [3.63, 3.8) is 0 Å². The minimum atomic E-state index is -3.96. The molecule has 13 heteroatoms. The normalized spacial score (nSPS) is 19.4. The second kappa shape index (κ2) is 11.5. The zero-order valence-electron chi connectivity index (χ0n) is 22.0. The summed E-state index contributed by atoms with van der Waals surface area (Å²) in [6.45, 7) is 7.06. The lowest BCUT2D eigenvalue weighted by atomic mass is 10.1. The van der Waals surface area contributed by atoms with Crippen molar-refractivity contribution in [1.82, 2.24) is 24.6 Å². The molecule has 1 aliphatic rings. The van der Waals surface area contributed by atoms with Gasteiger partial charge in [-0.2, -0.15) is 15.1 Å². The van der Waals surface area contributed by atoms with Gasteiger partial charge in [-0.3, -0.25) is 9.32 Å². The first-order valence-electron chi connectivity index (χ1n) is 12.3. The molecule has 204 valence electrons. The van der Waals surface area contributed by atoms with Gasteiger partial charge in [0.2, 0.25) is 11.8 Å². The Morgan fingerprint density at radius 1 is 1.21 bits per heavy atom. The van der Waals surface area contributed by atoms with Crippen LogP contribution in [0.5, 0.6) is 11.6 Å². The summed E-state index contributed by atoms with van der Waals surface area (Å²) in [7, 11) is -2.46. The number of carbonyl (C=O) groups is 1. The monoisotopic (exact) mass is 544 g/mol. The van der Waals surface area contributed by atoms with Crippen molar-refractivity contribution in [2.75, 3.05) is 19.5 Å². The Balaban J connectivity index is 1.46. The SMILES string of the molecule is COc1nc(N)nc2c1ncn2[C@H]1C=C[C@@H](COP(=O)(N[C@@H](C)C(=O)OC(C)C)Oc2ccc(C)cc2)C1. The molecule has 0 bridgehead atoms. The molecular formula is C25H33N6O6P. The summed E-state index contributed by atoms with van der Waals surface area (Å²) >= 11 is 0. The van der Waals surface area contributed by atoms with Gasteiger partial charge in [0.15, 0.2) is 11.2 Å². The largest absolute Gasteiger partial charge is 0.479 e. The van der Waals surface area contributed by atoms with Gasteiger partial charge < -0.3 is 24.3 Å². The van der Waals surface area contributed by atoms with Crippen LogP contribution in [-0.4, -0.2) is 51.4 Å². The molecule has 0 amide bonds. The van der Waals surface area contributed by atoms with Gasteiger partial charge in [-0.15, -0.1) is 0 Å². The molecule has 0 radical (unpaired) electrons. The number of benzene rings is 1. The number of carbonyl (C=O) groups excluding carboxylic acids is 1. The Bertz CT molecular complexity index is 1360. The average Bonchev–Trinajstić information content (AvgIpc) is 3.50. The number of nitrogen functional groups attached to an aromatic ring is 1. The summed E-state index contributed by atoms with van der Waals surface area (Å²) in [4.78, 5) is 25.1. The summed E-state index contributed by atoms with van der Waals surface area (Å²) < 4.78 is 37.8. The van der Waals surface area contributed by atoms with E-state index in [4.69, 9.17) is 24.3 Å². The standard InChI is InChI=1S/C25H33N6O6P/c1-15(2)36-24(32)17(4)30-38(33,37-20-10-6-16(3)7-11-20)35-13-18-8-9-19(12-18)31-14-27-21-22(31)28-25(26)29-23(21)34-5/h6-11,14-15,17-19H,12-13H2,1-5H3,(H,30,33)(H2,26,28,29)/t17-,18+,19-,38?/m0/s1. The van der Waals surface area contributed by atoms with Crippen LogP contribution < -0.4 is 20.1 Å². The van der Waals surface area contributed by atoms with Crippen LogP contribution in [0.2, 0.25) is 0 Å². The molecule has 12 nitrogen and oxygen atoms in total. The van der Waals surface area contributed by atoms with Crippen molar-refractivity contribution in [3.05, 3.63) is 48.3 Å². The van der Waals surface area contributed by atoms with Gasteiger partial charge in [-0.05, 0) is 46.2 Å². The zero-order valence-corrected chi connectivity index (χ0v) is 22.9. The summed E-state index contributed by atoms with van der Waals surface area (Å²) in [5, 5.41) is 2.72. The van der Waals surface area contributed by atoms with Gasteiger partial charge in [0.25, 0.3) is 0 Å². The zero-order chi connectivity index (χ0) is 27.4. The highest BCUT2D eigenvalue weighted by Gasteiger charge is 2.34. The van der Waals surface area contributed by atoms with Crippen molar-refractivity contribution in [1.29, 1.82) is 0 Å². The Morgan fingerprint density at radius 2 is 1.95 bits per heavy atom. The molecule has 0 spiro atoms.